The van der Waals surface area contributed by atoms with Gasteiger partial charge in [0.2, 0.25) is 5.82 Å². The minimum Gasteiger partial charge on any atom is -0.360 e. The van der Waals surface area contributed by atoms with Gasteiger partial charge in [0.15, 0.2) is 6.54 Å². The van der Waals surface area contributed by atoms with Crippen LogP contribution in [0.5, 0.6) is 0 Å². The van der Waals surface area contributed by atoms with Gasteiger partial charge in [-0.15, -0.1) is 0 Å². The van der Waals surface area contributed by atoms with Gasteiger partial charge in [0.25, 0.3) is 5.89 Å². The fourth-order valence-corrected chi connectivity index (χ4v) is 3.34. The summed E-state index contributed by atoms with van der Waals surface area (Å²) in [7, 11) is 0. The zero-order valence-electron chi connectivity index (χ0n) is 14.5. The molecular formula is C20H23N4O+. The highest BCUT2D eigenvalue weighted by molar-refractivity contribution is 5.55. The molecule has 0 radical (unpaired) electrons. The second-order valence-corrected chi connectivity index (χ2v) is 6.63. The van der Waals surface area contributed by atoms with E-state index in [0.29, 0.717) is 5.82 Å². The molecule has 0 unspecified atom stereocenters. The van der Waals surface area contributed by atoms with Gasteiger partial charge >= 0.3 is 0 Å². The average Bonchev–Trinajstić information content (AvgIpc) is 3.12. The average molecular weight is 335 g/mol. The van der Waals surface area contributed by atoms with Crippen molar-refractivity contribution < 1.29 is 9.42 Å². The van der Waals surface area contributed by atoms with E-state index in [1.165, 1.54) is 16.2 Å². The van der Waals surface area contributed by atoms with Crippen molar-refractivity contribution in [3.05, 3.63) is 66.1 Å². The fraction of sp³-hybridized carbons (Fsp3) is 0.300. The second kappa shape index (κ2) is 7.07. The molecule has 2 aromatic carbocycles. The van der Waals surface area contributed by atoms with Crippen molar-refractivity contribution >= 4 is 5.69 Å². The summed E-state index contributed by atoms with van der Waals surface area (Å²) in [6.07, 6.45) is 0. The number of anilines is 1. The normalized spacial score (nSPS) is 15.5. The number of quaternary nitrogens is 1. The molecule has 1 aliphatic rings. The van der Waals surface area contributed by atoms with E-state index < -0.39 is 0 Å². The van der Waals surface area contributed by atoms with Crippen LogP contribution in [0.4, 0.5) is 5.69 Å². The molecule has 1 aliphatic heterocycles. The largest absolute Gasteiger partial charge is 0.360 e. The van der Waals surface area contributed by atoms with Crippen LogP contribution in [0, 0.1) is 6.92 Å². The highest BCUT2D eigenvalue weighted by atomic mass is 16.5. The smallest absolute Gasteiger partial charge is 0.282 e. The highest BCUT2D eigenvalue weighted by Crippen LogP contribution is 2.17. The highest BCUT2D eigenvalue weighted by Gasteiger charge is 2.22. The molecule has 0 aliphatic carbocycles. The molecule has 0 bridgehead atoms. The summed E-state index contributed by atoms with van der Waals surface area (Å²) in [5.74, 6) is 1.40. The van der Waals surface area contributed by atoms with Crippen molar-refractivity contribution in [1.82, 2.24) is 10.1 Å². The third-order valence-electron chi connectivity index (χ3n) is 4.74. The predicted octanol–water partition coefficient (Wildman–Crippen LogP) is 1.95. The number of hydrogen-bond donors (Lipinski definition) is 1. The summed E-state index contributed by atoms with van der Waals surface area (Å²) < 4.78 is 5.48. The topological polar surface area (TPSA) is 46.6 Å². The first-order valence-electron chi connectivity index (χ1n) is 8.81. The van der Waals surface area contributed by atoms with Crippen LogP contribution in [0.1, 0.15) is 11.5 Å². The lowest BCUT2D eigenvalue weighted by atomic mass is 10.1. The van der Waals surface area contributed by atoms with Crippen molar-refractivity contribution in [3.63, 3.8) is 0 Å². The van der Waals surface area contributed by atoms with Gasteiger partial charge in [0.05, 0.1) is 26.2 Å². The molecule has 0 atom stereocenters. The number of rotatable bonds is 4. The quantitative estimate of drug-likeness (QED) is 0.792. The van der Waals surface area contributed by atoms with E-state index >= 15 is 0 Å². The van der Waals surface area contributed by atoms with Crippen LogP contribution in [0.25, 0.3) is 11.4 Å². The van der Waals surface area contributed by atoms with Gasteiger partial charge in [-0.1, -0.05) is 47.1 Å². The molecule has 0 amide bonds. The molecular weight excluding hydrogens is 312 g/mol. The molecule has 2 heterocycles. The van der Waals surface area contributed by atoms with Crippen molar-refractivity contribution in [2.24, 2.45) is 0 Å². The molecule has 5 heteroatoms. The molecule has 5 nitrogen and oxygen atoms in total. The Balaban J connectivity index is 1.36. The molecule has 1 fully saturated rings. The van der Waals surface area contributed by atoms with Crippen LogP contribution in [0.2, 0.25) is 0 Å². The number of aryl methyl sites for hydroxylation is 1. The van der Waals surface area contributed by atoms with E-state index in [0.717, 1.165) is 44.2 Å². The first-order valence-corrected chi connectivity index (χ1v) is 8.81. The van der Waals surface area contributed by atoms with Crippen LogP contribution in [-0.4, -0.2) is 36.3 Å². The van der Waals surface area contributed by atoms with Crippen LogP contribution < -0.4 is 9.80 Å². The number of hydrogen-bond acceptors (Lipinski definition) is 4. The molecule has 3 aromatic rings. The Bertz CT molecular complexity index is 822. The summed E-state index contributed by atoms with van der Waals surface area (Å²) in [4.78, 5) is 8.51. The van der Waals surface area contributed by atoms with Crippen LogP contribution in [0.3, 0.4) is 0 Å². The molecule has 0 spiro atoms. The Hall–Kier alpha value is -2.66. The van der Waals surface area contributed by atoms with Gasteiger partial charge in [-0.3, -0.25) is 0 Å². The Morgan fingerprint density at radius 3 is 2.60 bits per heavy atom. The summed E-state index contributed by atoms with van der Waals surface area (Å²) in [6.45, 7) is 7.13. The van der Waals surface area contributed by atoms with E-state index in [4.69, 9.17) is 4.52 Å². The molecule has 25 heavy (non-hydrogen) atoms. The maximum absolute atomic E-state index is 5.48. The monoisotopic (exact) mass is 335 g/mol. The minimum absolute atomic E-state index is 0.682. The van der Waals surface area contributed by atoms with Gasteiger partial charge in [-0.25, -0.2) is 0 Å². The van der Waals surface area contributed by atoms with Gasteiger partial charge in [-0.2, -0.15) is 4.98 Å². The summed E-state index contributed by atoms with van der Waals surface area (Å²) >= 11 is 0. The van der Waals surface area contributed by atoms with E-state index in [1.54, 1.807) is 0 Å². The lowest BCUT2D eigenvalue weighted by Crippen LogP contribution is -3.13. The Labute approximate surface area is 147 Å². The van der Waals surface area contributed by atoms with E-state index in [9.17, 15) is 0 Å². The van der Waals surface area contributed by atoms with Crippen molar-refractivity contribution in [1.29, 1.82) is 0 Å². The van der Waals surface area contributed by atoms with Gasteiger partial charge in [0.1, 0.15) is 0 Å². The lowest BCUT2D eigenvalue weighted by Gasteiger charge is -2.33. The molecule has 1 N–H and O–H groups in total. The number of piperazine rings is 1. The van der Waals surface area contributed by atoms with E-state index in [1.807, 2.05) is 12.1 Å². The zero-order valence-corrected chi connectivity index (χ0v) is 14.5. The van der Waals surface area contributed by atoms with Crippen LogP contribution in [-0.2, 0) is 6.54 Å². The molecule has 128 valence electrons. The van der Waals surface area contributed by atoms with E-state index in [2.05, 4.69) is 64.4 Å². The van der Waals surface area contributed by atoms with Crippen LogP contribution in [0.15, 0.2) is 59.1 Å². The van der Waals surface area contributed by atoms with Crippen molar-refractivity contribution in [2.75, 3.05) is 31.1 Å². The molecule has 1 saturated heterocycles. The molecule has 1 aromatic heterocycles. The molecule has 4 rings (SSSR count). The first-order chi connectivity index (χ1) is 12.3. The van der Waals surface area contributed by atoms with Gasteiger partial charge < -0.3 is 14.3 Å². The third kappa shape index (κ3) is 3.72. The predicted molar refractivity (Wildman–Crippen MR) is 97.5 cm³/mol. The fourth-order valence-electron chi connectivity index (χ4n) is 3.34. The Morgan fingerprint density at radius 2 is 1.84 bits per heavy atom. The maximum atomic E-state index is 5.48. The third-order valence-corrected chi connectivity index (χ3v) is 4.74. The number of aromatic nitrogens is 2. The SMILES string of the molecule is Cc1cccc(-c2noc(C[NH+]3CCN(c4ccccc4)CC3)n2)c1. The van der Waals surface area contributed by atoms with Gasteiger partial charge in [0, 0.05) is 11.3 Å². The Morgan fingerprint density at radius 1 is 1.04 bits per heavy atom. The zero-order chi connectivity index (χ0) is 17.1. The lowest BCUT2D eigenvalue weighted by molar-refractivity contribution is -0.915. The molecule has 0 saturated carbocycles. The number of benzene rings is 2. The number of nitrogens with one attached hydrogen (secondary N) is 1. The summed E-state index contributed by atoms with van der Waals surface area (Å²) in [6, 6.07) is 18.8. The summed E-state index contributed by atoms with van der Waals surface area (Å²) in [5, 5.41) is 4.15. The van der Waals surface area contributed by atoms with Crippen molar-refractivity contribution in [3.8, 4) is 11.4 Å². The standard InChI is InChI=1S/C20H22N4O/c1-16-6-5-7-17(14-16)20-21-19(25-22-20)15-23-10-12-24(13-11-23)18-8-3-2-4-9-18/h2-9,14H,10-13,15H2,1H3/p+1. The number of para-hydroxylation sites is 1. The second-order valence-electron chi connectivity index (χ2n) is 6.63. The Kier molecular flexibility index (Phi) is 4.48. The minimum atomic E-state index is 0.682. The first kappa shape index (κ1) is 15.8. The number of nitrogens with zero attached hydrogens (tertiary/aromatic N) is 3. The van der Waals surface area contributed by atoms with Crippen LogP contribution >= 0.6 is 0 Å². The summed E-state index contributed by atoms with van der Waals surface area (Å²) in [5.41, 5.74) is 3.52. The van der Waals surface area contributed by atoms with Crippen molar-refractivity contribution in [2.45, 2.75) is 13.5 Å². The van der Waals surface area contributed by atoms with Gasteiger partial charge in [-0.05, 0) is 25.1 Å². The van der Waals surface area contributed by atoms with E-state index in [-0.39, 0.29) is 0 Å². The maximum Gasteiger partial charge on any atom is 0.282 e.